The highest BCUT2D eigenvalue weighted by atomic mass is 32.2. The first-order chi connectivity index (χ1) is 8.56. The molecule has 2 rings (SSSR count). The molecule has 0 radical (unpaired) electrons. The van der Waals surface area contributed by atoms with Crippen LogP contribution in [-0.2, 0) is 9.84 Å². The zero-order chi connectivity index (χ0) is 13.0. The van der Waals surface area contributed by atoms with Crippen LogP contribution in [0.4, 0.5) is 0 Å². The summed E-state index contributed by atoms with van der Waals surface area (Å²) < 4.78 is 22.3. The molecule has 0 amide bonds. The van der Waals surface area contributed by atoms with Crippen LogP contribution in [-0.4, -0.2) is 57.5 Å². The number of hydrogen-bond donors (Lipinski definition) is 1. The van der Waals surface area contributed by atoms with E-state index >= 15 is 0 Å². The van der Waals surface area contributed by atoms with Gasteiger partial charge in [-0.15, -0.1) is 0 Å². The van der Waals surface area contributed by atoms with Crippen molar-refractivity contribution in [2.45, 2.75) is 38.1 Å². The Balaban J connectivity index is 1.79. The van der Waals surface area contributed by atoms with Gasteiger partial charge in [-0.05, 0) is 64.2 Å². The smallest absolute Gasteiger partial charge is 0.147 e. The number of likely N-dealkylation sites (tertiary alicyclic amines) is 1. The highest BCUT2D eigenvalue weighted by Gasteiger charge is 2.31. The summed E-state index contributed by atoms with van der Waals surface area (Å²) in [6, 6.07) is 0.715. The SMILES string of the molecule is CS(=O)(=O)CCCN1CCCC1C1CCNCC1. The third kappa shape index (κ3) is 4.21. The molecule has 0 aromatic carbocycles. The van der Waals surface area contributed by atoms with E-state index in [9.17, 15) is 8.42 Å². The van der Waals surface area contributed by atoms with Crippen LogP contribution < -0.4 is 5.32 Å². The van der Waals surface area contributed by atoms with Gasteiger partial charge in [0.05, 0.1) is 5.75 Å². The molecule has 2 aliphatic rings. The maximum atomic E-state index is 11.2. The van der Waals surface area contributed by atoms with Crippen LogP contribution in [0.5, 0.6) is 0 Å². The molecule has 0 aliphatic carbocycles. The third-order valence-corrected chi connectivity index (χ3v) is 5.33. The Bertz CT molecular complexity index is 350. The van der Waals surface area contributed by atoms with Crippen LogP contribution >= 0.6 is 0 Å². The molecule has 2 heterocycles. The summed E-state index contributed by atoms with van der Waals surface area (Å²) >= 11 is 0. The lowest BCUT2D eigenvalue weighted by atomic mass is 9.89. The predicted molar refractivity (Wildman–Crippen MR) is 74.5 cm³/mol. The Labute approximate surface area is 111 Å². The number of nitrogens with zero attached hydrogens (tertiary/aromatic N) is 1. The lowest BCUT2D eigenvalue weighted by Gasteiger charge is -2.34. The predicted octanol–water partition coefficient (Wildman–Crippen LogP) is 0.885. The summed E-state index contributed by atoms with van der Waals surface area (Å²) in [7, 11) is -2.79. The van der Waals surface area contributed by atoms with Gasteiger partial charge in [0, 0.05) is 12.3 Å². The van der Waals surface area contributed by atoms with Crippen molar-refractivity contribution in [3.05, 3.63) is 0 Å². The molecule has 18 heavy (non-hydrogen) atoms. The molecule has 5 heteroatoms. The third-order valence-electron chi connectivity index (χ3n) is 4.30. The van der Waals surface area contributed by atoms with Crippen LogP contribution in [0, 0.1) is 5.92 Å². The molecule has 1 atom stereocenters. The van der Waals surface area contributed by atoms with Gasteiger partial charge in [-0.3, -0.25) is 0 Å². The fraction of sp³-hybridized carbons (Fsp3) is 1.00. The van der Waals surface area contributed by atoms with Crippen molar-refractivity contribution >= 4 is 9.84 Å². The average Bonchev–Trinajstić information content (AvgIpc) is 2.77. The van der Waals surface area contributed by atoms with Crippen LogP contribution in [0.15, 0.2) is 0 Å². The normalized spacial score (nSPS) is 27.7. The Morgan fingerprint density at radius 1 is 1.22 bits per heavy atom. The zero-order valence-corrected chi connectivity index (χ0v) is 12.2. The maximum Gasteiger partial charge on any atom is 0.147 e. The first-order valence-electron chi connectivity index (χ1n) is 7.19. The number of rotatable bonds is 5. The van der Waals surface area contributed by atoms with Crippen molar-refractivity contribution in [1.29, 1.82) is 0 Å². The van der Waals surface area contributed by atoms with Crippen molar-refractivity contribution in [3.63, 3.8) is 0 Å². The van der Waals surface area contributed by atoms with Gasteiger partial charge in [-0.2, -0.15) is 0 Å². The molecule has 2 fully saturated rings. The molecule has 0 saturated carbocycles. The van der Waals surface area contributed by atoms with Crippen LogP contribution in [0.3, 0.4) is 0 Å². The first kappa shape index (κ1) is 14.3. The highest BCUT2D eigenvalue weighted by molar-refractivity contribution is 7.90. The maximum absolute atomic E-state index is 11.2. The van der Waals surface area contributed by atoms with Crippen molar-refractivity contribution in [1.82, 2.24) is 10.2 Å². The van der Waals surface area contributed by atoms with Gasteiger partial charge in [-0.25, -0.2) is 8.42 Å². The lowest BCUT2D eigenvalue weighted by molar-refractivity contribution is 0.163. The molecule has 0 aromatic rings. The summed E-state index contributed by atoms with van der Waals surface area (Å²) in [5.41, 5.74) is 0. The van der Waals surface area contributed by atoms with Crippen molar-refractivity contribution in [3.8, 4) is 0 Å². The van der Waals surface area contributed by atoms with Gasteiger partial charge >= 0.3 is 0 Å². The van der Waals surface area contributed by atoms with Crippen molar-refractivity contribution in [2.75, 3.05) is 38.2 Å². The minimum absolute atomic E-state index is 0.336. The summed E-state index contributed by atoms with van der Waals surface area (Å²) in [5.74, 6) is 1.16. The van der Waals surface area contributed by atoms with Crippen molar-refractivity contribution in [2.24, 2.45) is 5.92 Å². The molecule has 0 spiro atoms. The average molecular weight is 274 g/mol. The van der Waals surface area contributed by atoms with Crippen LogP contribution in [0.2, 0.25) is 0 Å². The fourth-order valence-electron chi connectivity index (χ4n) is 3.42. The Kier molecular flexibility index (Phi) is 5.04. The second-order valence-electron chi connectivity index (χ2n) is 5.82. The monoisotopic (exact) mass is 274 g/mol. The summed E-state index contributed by atoms with van der Waals surface area (Å²) in [6.07, 6.45) is 7.29. The minimum Gasteiger partial charge on any atom is -0.317 e. The van der Waals surface area contributed by atoms with E-state index in [0.29, 0.717) is 11.8 Å². The lowest BCUT2D eigenvalue weighted by Crippen LogP contribution is -2.41. The summed E-state index contributed by atoms with van der Waals surface area (Å²) in [4.78, 5) is 2.54. The molecule has 1 unspecified atom stereocenters. The molecule has 0 bridgehead atoms. The van der Waals surface area contributed by atoms with E-state index in [1.165, 1.54) is 38.5 Å². The Hall–Kier alpha value is -0.130. The second kappa shape index (κ2) is 6.35. The Morgan fingerprint density at radius 2 is 1.94 bits per heavy atom. The fourth-order valence-corrected chi connectivity index (χ4v) is 4.08. The van der Waals surface area contributed by atoms with E-state index in [1.807, 2.05) is 0 Å². The number of hydrogen-bond acceptors (Lipinski definition) is 4. The van der Waals surface area contributed by atoms with Gasteiger partial charge in [-0.1, -0.05) is 0 Å². The minimum atomic E-state index is -2.79. The van der Waals surface area contributed by atoms with E-state index in [0.717, 1.165) is 32.0 Å². The second-order valence-corrected chi connectivity index (χ2v) is 8.08. The van der Waals surface area contributed by atoms with Crippen molar-refractivity contribution < 1.29 is 8.42 Å². The summed E-state index contributed by atoms with van der Waals surface area (Å²) in [6.45, 7) is 4.43. The van der Waals surface area contributed by atoms with Crippen LogP contribution in [0.25, 0.3) is 0 Å². The first-order valence-corrected chi connectivity index (χ1v) is 9.25. The van der Waals surface area contributed by atoms with E-state index in [2.05, 4.69) is 10.2 Å². The molecule has 2 aliphatic heterocycles. The van der Waals surface area contributed by atoms with Gasteiger partial charge < -0.3 is 10.2 Å². The van der Waals surface area contributed by atoms with E-state index in [-0.39, 0.29) is 0 Å². The van der Waals surface area contributed by atoms with Gasteiger partial charge in [0.25, 0.3) is 0 Å². The molecule has 2 saturated heterocycles. The largest absolute Gasteiger partial charge is 0.317 e. The Morgan fingerprint density at radius 3 is 2.61 bits per heavy atom. The van der Waals surface area contributed by atoms with Crippen LogP contribution in [0.1, 0.15) is 32.1 Å². The number of piperidine rings is 1. The number of nitrogens with one attached hydrogen (secondary N) is 1. The van der Waals surface area contributed by atoms with E-state index in [1.54, 1.807) is 0 Å². The molecular formula is C13H26N2O2S. The van der Waals surface area contributed by atoms with Gasteiger partial charge in [0.2, 0.25) is 0 Å². The molecule has 1 N–H and O–H groups in total. The molecule has 4 nitrogen and oxygen atoms in total. The standard InChI is InChI=1S/C13H26N2O2S/c1-18(16,17)11-3-10-15-9-2-4-13(15)12-5-7-14-8-6-12/h12-14H,2-11H2,1H3. The van der Waals surface area contributed by atoms with E-state index < -0.39 is 9.84 Å². The van der Waals surface area contributed by atoms with E-state index in [4.69, 9.17) is 0 Å². The molecule has 106 valence electrons. The topological polar surface area (TPSA) is 49.4 Å². The summed E-state index contributed by atoms with van der Waals surface area (Å²) in [5, 5.41) is 3.42. The van der Waals surface area contributed by atoms with Gasteiger partial charge in [0.15, 0.2) is 0 Å². The zero-order valence-electron chi connectivity index (χ0n) is 11.4. The number of sulfone groups is 1. The quantitative estimate of drug-likeness (QED) is 0.809. The molecule has 0 aromatic heterocycles. The van der Waals surface area contributed by atoms with Gasteiger partial charge in [0.1, 0.15) is 9.84 Å². The molecular weight excluding hydrogens is 248 g/mol. The highest BCUT2D eigenvalue weighted by Crippen LogP contribution is 2.29.